The fourth-order valence-corrected chi connectivity index (χ4v) is 1.86. The molecule has 0 radical (unpaired) electrons. The minimum Gasteiger partial charge on any atom is -0.339 e. The van der Waals surface area contributed by atoms with Crippen molar-refractivity contribution < 1.29 is 4.52 Å². The van der Waals surface area contributed by atoms with E-state index in [-0.39, 0.29) is 6.04 Å². The molecule has 1 atom stereocenters. The topological polar surface area (TPSA) is 64.9 Å². The molecule has 18 heavy (non-hydrogen) atoms. The monoisotopic (exact) mass is 245 g/mol. The van der Waals surface area contributed by atoms with Crippen LogP contribution in [0.2, 0.25) is 0 Å². The predicted octanol–water partition coefficient (Wildman–Crippen LogP) is 2.65. The second-order valence-corrected chi connectivity index (χ2v) is 4.41. The summed E-state index contributed by atoms with van der Waals surface area (Å²) in [5, 5.41) is 3.93. The van der Waals surface area contributed by atoms with Crippen LogP contribution < -0.4 is 5.73 Å². The molecule has 0 aliphatic heterocycles. The van der Waals surface area contributed by atoms with Crippen LogP contribution in [0, 0.1) is 0 Å². The van der Waals surface area contributed by atoms with Crippen LogP contribution in [-0.4, -0.2) is 10.1 Å². The fourth-order valence-electron chi connectivity index (χ4n) is 1.86. The number of aryl methyl sites for hydroxylation is 2. The molecule has 2 rings (SSSR count). The zero-order valence-corrected chi connectivity index (χ0v) is 10.7. The van der Waals surface area contributed by atoms with Crippen LogP contribution >= 0.6 is 0 Å². The summed E-state index contributed by atoms with van der Waals surface area (Å²) in [5.41, 5.74) is 7.26. The normalized spacial score (nSPS) is 12.6. The van der Waals surface area contributed by atoms with Crippen molar-refractivity contribution in [3.05, 3.63) is 47.6 Å². The van der Waals surface area contributed by atoms with Gasteiger partial charge in [-0.05, 0) is 18.4 Å². The van der Waals surface area contributed by atoms with E-state index >= 15 is 0 Å². The highest BCUT2D eigenvalue weighted by Crippen LogP contribution is 2.15. The number of aromatic nitrogens is 2. The molecule has 1 unspecified atom stereocenters. The van der Waals surface area contributed by atoms with E-state index in [2.05, 4.69) is 17.1 Å². The van der Waals surface area contributed by atoms with Crippen LogP contribution in [0.3, 0.4) is 0 Å². The van der Waals surface area contributed by atoms with E-state index in [9.17, 15) is 0 Å². The Hall–Kier alpha value is -1.68. The molecule has 0 aliphatic carbocycles. The van der Waals surface area contributed by atoms with Gasteiger partial charge >= 0.3 is 0 Å². The van der Waals surface area contributed by atoms with Gasteiger partial charge in [-0.1, -0.05) is 42.4 Å². The molecule has 0 saturated carbocycles. The first-order chi connectivity index (χ1) is 8.79. The molecule has 4 nitrogen and oxygen atoms in total. The average molecular weight is 245 g/mol. The molecule has 1 aromatic heterocycles. The molecule has 96 valence electrons. The van der Waals surface area contributed by atoms with Crippen LogP contribution in [0.5, 0.6) is 0 Å². The van der Waals surface area contributed by atoms with Crippen molar-refractivity contribution in [1.82, 2.24) is 10.1 Å². The minimum atomic E-state index is 0.0210. The second-order valence-electron chi connectivity index (χ2n) is 4.41. The van der Waals surface area contributed by atoms with Gasteiger partial charge in [-0.2, -0.15) is 4.98 Å². The first-order valence-corrected chi connectivity index (χ1v) is 6.41. The molecule has 2 N–H and O–H groups in total. The first kappa shape index (κ1) is 12.8. The smallest absolute Gasteiger partial charge is 0.226 e. The van der Waals surface area contributed by atoms with Gasteiger partial charge in [0.15, 0.2) is 5.82 Å². The molecule has 0 fully saturated rings. The lowest BCUT2D eigenvalue weighted by Gasteiger charge is -2.09. The van der Waals surface area contributed by atoms with E-state index in [1.807, 2.05) is 30.3 Å². The van der Waals surface area contributed by atoms with Crippen molar-refractivity contribution in [3.63, 3.8) is 0 Å². The van der Waals surface area contributed by atoms with E-state index in [1.165, 1.54) is 0 Å². The Morgan fingerprint density at radius 2 is 2.00 bits per heavy atom. The SMILES string of the molecule is CCCc1noc(CCC(N)c2ccccc2)n1. The van der Waals surface area contributed by atoms with Crippen molar-refractivity contribution in [1.29, 1.82) is 0 Å². The third kappa shape index (κ3) is 3.40. The molecule has 0 spiro atoms. The van der Waals surface area contributed by atoms with Gasteiger partial charge in [-0.25, -0.2) is 0 Å². The largest absolute Gasteiger partial charge is 0.339 e. The Morgan fingerprint density at radius 3 is 2.72 bits per heavy atom. The quantitative estimate of drug-likeness (QED) is 0.849. The van der Waals surface area contributed by atoms with Crippen molar-refractivity contribution in [2.45, 2.75) is 38.6 Å². The van der Waals surface area contributed by atoms with Gasteiger partial charge in [-0.3, -0.25) is 0 Å². The molecular formula is C14H19N3O. The number of nitrogens with zero attached hydrogens (tertiary/aromatic N) is 2. The molecule has 0 amide bonds. The minimum absolute atomic E-state index is 0.0210. The van der Waals surface area contributed by atoms with Gasteiger partial charge in [0.1, 0.15) is 0 Å². The maximum absolute atomic E-state index is 6.12. The number of benzene rings is 1. The third-order valence-corrected chi connectivity index (χ3v) is 2.88. The van der Waals surface area contributed by atoms with Crippen molar-refractivity contribution in [3.8, 4) is 0 Å². The van der Waals surface area contributed by atoms with E-state index in [4.69, 9.17) is 10.3 Å². The van der Waals surface area contributed by atoms with E-state index in [1.54, 1.807) is 0 Å². The van der Waals surface area contributed by atoms with Crippen molar-refractivity contribution in [2.75, 3.05) is 0 Å². The number of hydrogen-bond acceptors (Lipinski definition) is 4. The standard InChI is InChI=1S/C14H19N3O/c1-2-6-13-16-14(18-17-13)10-9-12(15)11-7-4-3-5-8-11/h3-5,7-8,12H,2,6,9-10,15H2,1H3. The van der Waals surface area contributed by atoms with Crippen molar-refractivity contribution >= 4 is 0 Å². The van der Waals surface area contributed by atoms with Crippen LogP contribution in [-0.2, 0) is 12.8 Å². The molecule has 0 saturated heterocycles. The summed E-state index contributed by atoms with van der Waals surface area (Å²) < 4.78 is 5.19. The Kier molecular flexibility index (Phi) is 4.47. The number of nitrogens with two attached hydrogens (primary N) is 1. The maximum atomic E-state index is 6.12. The number of rotatable bonds is 6. The Bertz CT molecular complexity index is 467. The highest BCUT2D eigenvalue weighted by atomic mass is 16.5. The number of hydrogen-bond donors (Lipinski definition) is 1. The van der Waals surface area contributed by atoms with Gasteiger partial charge in [-0.15, -0.1) is 0 Å². The maximum Gasteiger partial charge on any atom is 0.226 e. The average Bonchev–Trinajstić information content (AvgIpc) is 2.85. The molecule has 2 aromatic rings. The van der Waals surface area contributed by atoms with E-state index in [0.717, 1.165) is 37.1 Å². The van der Waals surface area contributed by atoms with Crippen LogP contribution in [0.4, 0.5) is 0 Å². The highest BCUT2D eigenvalue weighted by molar-refractivity contribution is 5.18. The molecule has 0 aliphatic rings. The third-order valence-electron chi connectivity index (χ3n) is 2.88. The molecule has 1 aromatic carbocycles. The summed E-state index contributed by atoms with van der Waals surface area (Å²) in [5.74, 6) is 1.48. The highest BCUT2D eigenvalue weighted by Gasteiger charge is 2.10. The molecule has 4 heteroatoms. The summed E-state index contributed by atoms with van der Waals surface area (Å²) >= 11 is 0. The van der Waals surface area contributed by atoms with Crippen LogP contribution in [0.1, 0.15) is 43.1 Å². The lowest BCUT2D eigenvalue weighted by Crippen LogP contribution is -2.11. The lowest BCUT2D eigenvalue weighted by atomic mass is 10.0. The van der Waals surface area contributed by atoms with Gasteiger partial charge in [0.25, 0.3) is 0 Å². The van der Waals surface area contributed by atoms with E-state index in [0.29, 0.717) is 5.89 Å². The van der Waals surface area contributed by atoms with Gasteiger partial charge in [0, 0.05) is 18.9 Å². The Labute approximate surface area is 107 Å². The fraction of sp³-hybridized carbons (Fsp3) is 0.429. The molecular weight excluding hydrogens is 226 g/mol. The summed E-state index contributed by atoms with van der Waals surface area (Å²) in [6.07, 6.45) is 3.45. The summed E-state index contributed by atoms with van der Waals surface area (Å²) in [6.45, 7) is 2.10. The summed E-state index contributed by atoms with van der Waals surface area (Å²) in [6, 6.07) is 10.1. The van der Waals surface area contributed by atoms with Gasteiger partial charge < -0.3 is 10.3 Å². The Balaban J connectivity index is 1.87. The van der Waals surface area contributed by atoms with Crippen LogP contribution in [0.25, 0.3) is 0 Å². The lowest BCUT2D eigenvalue weighted by molar-refractivity contribution is 0.366. The zero-order chi connectivity index (χ0) is 12.8. The second kappa shape index (κ2) is 6.31. The molecule has 0 bridgehead atoms. The summed E-state index contributed by atoms with van der Waals surface area (Å²) in [4.78, 5) is 4.33. The van der Waals surface area contributed by atoms with Crippen molar-refractivity contribution in [2.24, 2.45) is 5.73 Å². The predicted molar refractivity (Wildman–Crippen MR) is 70.0 cm³/mol. The van der Waals surface area contributed by atoms with Crippen LogP contribution in [0.15, 0.2) is 34.9 Å². The Morgan fingerprint density at radius 1 is 1.22 bits per heavy atom. The molecule has 1 heterocycles. The zero-order valence-electron chi connectivity index (χ0n) is 10.7. The van der Waals surface area contributed by atoms with Gasteiger partial charge in [0.05, 0.1) is 0 Å². The summed E-state index contributed by atoms with van der Waals surface area (Å²) in [7, 11) is 0. The van der Waals surface area contributed by atoms with Gasteiger partial charge in [0.2, 0.25) is 5.89 Å². The van der Waals surface area contributed by atoms with E-state index < -0.39 is 0 Å². The first-order valence-electron chi connectivity index (χ1n) is 6.41.